The third-order valence-electron chi connectivity index (χ3n) is 4.27. The molecular weight excluding hydrogens is 300 g/mol. The number of hydrogen-bond acceptors (Lipinski definition) is 3. The van der Waals surface area contributed by atoms with Gasteiger partial charge in [-0.05, 0) is 47.5 Å². The fraction of sp³-hybridized carbons (Fsp3) is 0.0500. The van der Waals surface area contributed by atoms with Crippen molar-refractivity contribution in [2.45, 2.75) is 6.92 Å². The number of nitro benzene ring substituents is 1. The molecule has 0 aliphatic heterocycles. The van der Waals surface area contributed by atoms with Crippen LogP contribution in [0.5, 0.6) is 0 Å². The summed E-state index contributed by atoms with van der Waals surface area (Å²) in [6.45, 7) is 2.07. The van der Waals surface area contributed by atoms with Gasteiger partial charge in [-0.3, -0.25) is 10.1 Å². The Balaban J connectivity index is 1.92. The quantitative estimate of drug-likeness (QED) is 0.288. The molecule has 0 spiro atoms. The van der Waals surface area contributed by atoms with Gasteiger partial charge in [0.25, 0.3) is 5.69 Å². The normalized spacial score (nSPS) is 11.0. The van der Waals surface area contributed by atoms with Crippen LogP contribution in [0.2, 0.25) is 0 Å². The average Bonchev–Trinajstić information content (AvgIpc) is 2.61. The second kappa shape index (κ2) is 5.42. The first-order valence-corrected chi connectivity index (χ1v) is 7.67. The van der Waals surface area contributed by atoms with Gasteiger partial charge >= 0.3 is 0 Å². The lowest BCUT2D eigenvalue weighted by Crippen LogP contribution is -1.91. The Bertz CT molecular complexity index is 1090. The summed E-state index contributed by atoms with van der Waals surface area (Å²) >= 11 is 0. The predicted octanol–water partition coefficient (Wildman–Crippen LogP) is 5.27. The van der Waals surface area contributed by atoms with Crippen molar-refractivity contribution in [3.05, 3.63) is 82.4 Å². The van der Waals surface area contributed by atoms with Crippen LogP contribution in [-0.4, -0.2) is 9.91 Å². The van der Waals surface area contributed by atoms with E-state index in [1.807, 2.05) is 24.3 Å². The molecule has 1 heterocycles. The molecule has 4 heteroatoms. The average molecular weight is 314 g/mol. The van der Waals surface area contributed by atoms with Crippen molar-refractivity contribution >= 4 is 27.4 Å². The van der Waals surface area contributed by atoms with E-state index in [2.05, 4.69) is 25.1 Å². The first-order chi connectivity index (χ1) is 11.6. The number of fused-ring (bicyclic) bond motifs is 3. The van der Waals surface area contributed by atoms with Crippen LogP contribution in [0, 0.1) is 17.0 Å². The number of pyridine rings is 1. The Labute approximate surface area is 138 Å². The molecule has 0 unspecified atom stereocenters. The Kier molecular flexibility index (Phi) is 3.24. The van der Waals surface area contributed by atoms with Gasteiger partial charge in [0, 0.05) is 23.1 Å². The van der Waals surface area contributed by atoms with E-state index in [0.29, 0.717) is 0 Å². The number of benzene rings is 3. The van der Waals surface area contributed by atoms with Crippen molar-refractivity contribution < 1.29 is 4.92 Å². The molecule has 0 N–H and O–H groups in total. The van der Waals surface area contributed by atoms with Crippen molar-refractivity contribution in [3.8, 4) is 11.3 Å². The highest BCUT2D eigenvalue weighted by molar-refractivity contribution is 6.08. The van der Waals surface area contributed by atoms with Crippen molar-refractivity contribution in [2.75, 3.05) is 0 Å². The van der Waals surface area contributed by atoms with Gasteiger partial charge in [0.1, 0.15) is 0 Å². The Morgan fingerprint density at radius 3 is 2.46 bits per heavy atom. The molecule has 0 saturated heterocycles. The number of non-ortho nitro benzene ring substituents is 1. The Morgan fingerprint density at radius 2 is 1.71 bits per heavy atom. The summed E-state index contributed by atoms with van der Waals surface area (Å²) in [5, 5.41) is 14.3. The topological polar surface area (TPSA) is 56.0 Å². The molecule has 4 rings (SSSR count). The van der Waals surface area contributed by atoms with Gasteiger partial charge in [-0.2, -0.15) is 0 Å². The minimum absolute atomic E-state index is 0.0854. The molecule has 0 amide bonds. The summed E-state index contributed by atoms with van der Waals surface area (Å²) in [6.07, 6.45) is 0. The van der Waals surface area contributed by atoms with E-state index in [1.54, 1.807) is 12.1 Å². The maximum Gasteiger partial charge on any atom is 0.269 e. The van der Waals surface area contributed by atoms with Crippen LogP contribution >= 0.6 is 0 Å². The molecule has 4 aromatic rings. The van der Waals surface area contributed by atoms with Crippen molar-refractivity contribution in [2.24, 2.45) is 0 Å². The molecular formula is C20H14N2O2. The standard InChI is InChI=1S/C20H14N2O2/c1-13-12-19(15-6-9-16(10-7-15)22(23)24)21-18-11-8-14-4-2-3-5-17(14)20(13)18/h2-12H,1H3. The van der Waals surface area contributed by atoms with E-state index in [9.17, 15) is 10.1 Å². The fourth-order valence-electron chi connectivity index (χ4n) is 3.11. The molecule has 0 bridgehead atoms. The van der Waals surface area contributed by atoms with Crippen LogP contribution < -0.4 is 0 Å². The van der Waals surface area contributed by atoms with Crippen molar-refractivity contribution in [1.82, 2.24) is 4.98 Å². The molecule has 116 valence electrons. The van der Waals surface area contributed by atoms with E-state index < -0.39 is 4.92 Å². The predicted molar refractivity (Wildman–Crippen MR) is 96.1 cm³/mol. The number of nitrogens with zero attached hydrogens (tertiary/aromatic N) is 2. The molecule has 0 fully saturated rings. The zero-order valence-corrected chi connectivity index (χ0v) is 13.1. The summed E-state index contributed by atoms with van der Waals surface area (Å²) in [5.41, 5.74) is 3.86. The molecule has 0 saturated carbocycles. The minimum atomic E-state index is -0.394. The largest absolute Gasteiger partial charge is 0.269 e. The van der Waals surface area contributed by atoms with Crippen molar-refractivity contribution in [3.63, 3.8) is 0 Å². The van der Waals surface area contributed by atoms with Gasteiger partial charge in [0.05, 0.1) is 16.1 Å². The highest BCUT2D eigenvalue weighted by Gasteiger charge is 2.10. The number of nitro groups is 1. The van der Waals surface area contributed by atoms with Gasteiger partial charge in [-0.15, -0.1) is 0 Å². The smallest absolute Gasteiger partial charge is 0.258 e. The fourth-order valence-corrected chi connectivity index (χ4v) is 3.11. The Hall–Kier alpha value is -3.27. The number of aromatic nitrogens is 1. The molecule has 3 aromatic carbocycles. The van der Waals surface area contributed by atoms with E-state index >= 15 is 0 Å². The van der Waals surface area contributed by atoms with Gasteiger partial charge in [-0.1, -0.05) is 30.3 Å². The third kappa shape index (κ3) is 2.29. The highest BCUT2D eigenvalue weighted by Crippen LogP contribution is 2.30. The van der Waals surface area contributed by atoms with E-state index in [1.165, 1.54) is 22.9 Å². The monoisotopic (exact) mass is 314 g/mol. The summed E-state index contributed by atoms with van der Waals surface area (Å²) in [6, 6.07) is 20.9. The van der Waals surface area contributed by atoms with Crippen LogP contribution in [0.25, 0.3) is 32.9 Å². The minimum Gasteiger partial charge on any atom is -0.258 e. The summed E-state index contributed by atoms with van der Waals surface area (Å²) in [4.78, 5) is 15.2. The lowest BCUT2D eigenvalue weighted by atomic mass is 9.99. The van der Waals surface area contributed by atoms with E-state index in [4.69, 9.17) is 4.98 Å². The van der Waals surface area contributed by atoms with Crippen LogP contribution in [0.4, 0.5) is 5.69 Å². The van der Waals surface area contributed by atoms with Gasteiger partial charge < -0.3 is 0 Å². The van der Waals surface area contributed by atoms with Gasteiger partial charge in [0.2, 0.25) is 0 Å². The Morgan fingerprint density at radius 1 is 0.958 bits per heavy atom. The number of aryl methyl sites for hydroxylation is 1. The van der Waals surface area contributed by atoms with Crippen LogP contribution in [-0.2, 0) is 0 Å². The zero-order chi connectivity index (χ0) is 16.7. The van der Waals surface area contributed by atoms with Crippen LogP contribution in [0.1, 0.15) is 5.56 Å². The second-order valence-electron chi connectivity index (χ2n) is 5.81. The SMILES string of the molecule is Cc1cc(-c2ccc([N+](=O)[O-])cc2)nc2ccc3ccccc3c12. The number of hydrogen-bond donors (Lipinski definition) is 0. The molecule has 0 aliphatic carbocycles. The van der Waals surface area contributed by atoms with E-state index in [0.717, 1.165) is 27.7 Å². The molecule has 4 nitrogen and oxygen atoms in total. The molecule has 0 radical (unpaired) electrons. The maximum atomic E-state index is 10.8. The second-order valence-corrected chi connectivity index (χ2v) is 5.81. The highest BCUT2D eigenvalue weighted by atomic mass is 16.6. The van der Waals surface area contributed by atoms with Gasteiger partial charge in [0.15, 0.2) is 0 Å². The third-order valence-corrected chi connectivity index (χ3v) is 4.27. The number of rotatable bonds is 2. The molecule has 24 heavy (non-hydrogen) atoms. The molecule has 0 atom stereocenters. The lowest BCUT2D eigenvalue weighted by Gasteiger charge is -2.09. The zero-order valence-electron chi connectivity index (χ0n) is 13.1. The van der Waals surface area contributed by atoms with E-state index in [-0.39, 0.29) is 5.69 Å². The maximum absolute atomic E-state index is 10.8. The van der Waals surface area contributed by atoms with Crippen LogP contribution in [0.15, 0.2) is 66.7 Å². The molecule has 0 aliphatic rings. The lowest BCUT2D eigenvalue weighted by molar-refractivity contribution is -0.384. The summed E-state index contributed by atoms with van der Waals surface area (Å²) in [7, 11) is 0. The summed E-state index contributed by atoms with van der Waals surface area (Å²) in [5.74, 6) is 0. The first kappa shape index (κ1) is 14.3. The summed E-state index contributed by atoms with van der Waals surface area (Å²) < 4.78 is 0. The van der Waals surface area contributed by atoms with Crippen LogP contribution in [0.3, 0.4) is 0 Å². The van der Waals surface area contributed by atoms with Crippen molar-refractivity contribution in [1.29, 1.82) is 0 Å². The molecule has 1 aromatic heterocycles. The first-order valence-electron chi connectivity index (χ1n) is 7.67. The van der Waals surface area contributed by atoms with Gasteiger partial charge in [-0.25, -0.2) is 4.98 Å².